The summed E-state index contributed by atoms with van der Waals surface area (Å²) < 4.78 is 0. The van der Waals surface area contributed by atoms with Crippen LogP contribution >= 0.6 is 0 Å². The Morgan fingerprint density at radius 3 is 2.93 bits per heavy atom. The van der Waals surface area contributed by atoms with Crippen molar-refractivity contribution in [2.45, 2.75) is 38.1 Å². The van der Waals surface area contributed by atoms with Crippen LogP contribution in [0.15, 0.2) is 11.6 Å². The van der Waals surface area contributed by atoms with Gasteiger partial charge in [-0.2, -0.15) is 0 Å². The minimum atomic E-state index is -0.981. The number of nitrogens with one attached hydrogen (secondary N) is 1. The molecule has 1 atom stereocenters. The van der Waals surface area contributed by atoms with Crippen molar-refractivity contribution in [2.24, 2.45) is 0 Å². The van der Waals surface area contributed by atoms with Gasteiger partial charge < -0.3 is 10.4 Å². The van der Waals surface area contributed by atoms with Gasteiger partial charge in [-0.05, 0) is 31.3 Å². The summed E-state index contributed by atoms with van der Waals surface area (Å²) in [7, 11) is 0. The van der Waals surface area contributed by atoms with Crippen LogP contribution in [0.25, 0.3) is 0 Å². The molecule has 4 nitrogen and oxygen atoms in total. The van der Waals surface area contributed by atoms with Crippen LogP contribution in [0.1, 0.15) is 32.1 Å². The van der Waals surface area contributed by atoms with Crippen molar-refractivity contribution in [1.29, 1.82) is 0 Å². The predicted octanol–water partition coefficient (Wildman–Crippen LogP) is 1.08. The van der Waals surface area contributed by atoms with E-state index in [1.807, 2.05) is 6.08 Å². The van der Waals surface area contributed by atoms with Crippen molar-refractivity contribution in [1.82, 2.24) is 5.32 Å². The van der Waals surface area contributed by atoms with Gasteiger partial charge in [0.15, 0.2) is 0 Å². The lowest BCUT2D eigenvalue weighted by molar-refractivity contribution is -0.139. The van der Waals surface area contributed by atoms with E-state index in [9.17, 15) is 9.59 Å². The van der Waals surface area contributed by atoms with E-state index in [2.05, 4.69) is 5.32 Å². The Hall–Kier alpha value is -1.32. The fourth-order valence-electron chi connectivity index (χ4n) is 1.71. The van der Waals surface area contributed by atoms with Crippen molar-refractivity contribution in [3.8, 4) is 0 Å². The number of carbonyl (C=O) groups excluding carboxylic acids is 1. The molecule has 0 bridgehead atoms. The first-order chi connectivity index (χ1) is 6.75. The molecular weight excluding hydrogens is 182 g/mol. The number of carboxylic acid groups (broad SMARTS) is 1. The second kappa shape index (κ2) is 5.42. The molecule has 1 rings (SSSR count). The second-order valence-electron chi connectivity index (χ2n) is 3.43. The van der Waals surface area contributed by atoms with E-state index >= 15 is 0 Å². The topological polar surface area (TPSA) is 66.4 Å². The summed E-state index contributed by atoms with van der Waals surface area (Å²) in [6, 6.07) is -0.828. The standard InChI is InChI=1S/C10H15NO3/c12-7-11-9(10(13)14)8-5-3-1-2-4-6-8/h5,7,9H,1-4,6H2,(H,11,12)(H,13,14). The van der Waals surface area contributed by atoms with Gasteiger partial charge in [0.05, 0.1) is 0 Å². The third-order valence-electron chi connectivity index (χ3n) is 2.43. The monoisotopic (exact) mass is 197 g/mol. The van der Waals surface area contributed by atoms with E-state index in [-0.39, 0.29) is 0 Å². The molecule has 1 aliphatic carbocycles. The molecule has 2 N–H and O–H groups in total. The Labute approximate surface area is 83.0 Å². The van der Waals surface area contributed by atoms with Crippen LogP contribution in [-0.2, 0) is 9.59 Å². The fraction of sp³-hybridized carbons (Fsp3) is 0.600. The molecule has 14 heavy (non-hydrogen) atoms. The molecule has 0 fully saturated rings. The molecule has 1 amide bonds. The van der Waals surface area contributed by atoms with Crippen LogP contribution in [0.3, 0.4) is 0 Å². The summed E-state index contributed by atoms with van der Waals surface area (Å²) in [5.74, 6) is -0.981. The average Bonchev–Trinajstić information content (AvgIpc) is 2.41. The van der Waals surface area contributed by atoms with Gasteiger partial charge in [0.25, 0.3) is 0 Å². The van der Waals surface area contributed by atoms with Crippen molar-refractivity contribution in [3.05, 3.63) is 11.6 Å². The normalized spacial score (nSPS) is 19.0. The van der Waals surface area contributed by atoms with Gasteiger partial charge in [0.2, 0.25) is 6.41 Å². The smallest absolute Gasteiger partial charge is 0.330 e. The lowest BCUT2D eigenvalue weighted by Crippen LogP contribution is -2.37. The number of aliphatic carboxylic acids is 1. The Morgan fingerprint density at radius 1 is 1.50 bits per heavy atom. The molecule has 4 heteroatoms. The van der Waals surface area contributed by atoms with Crippen LogP contribution in [0, 0.1) is 0 Å². The van der Waals surface area contributed by atoms with E-state index in [1.165, 1.54) is 0 Å². The lowest BCUT2D eigenvalue weighted by atomic mass is 10.0. The van der Waals surface area contributed by atoms with Gasteiger partial charge in [0.1, 0.15) is 6.04 Å². The minimum Gasteiger partial charge on any atom is -0.479 e. The molecule has 0 saturated heterocycles. The molecule has 0 radical (unpaired) electrons. The first kappa shape index (κ1) is 10.8. The quantitative estimate of drug-likeness (QED) is 0.523. The predicted molar refractivity (Wildman–Crippen MR) is 51.8 cm³/mol. The number of hydrogen-bond donors (Lipinski definition) is 2. The second-order valence-corrected chi connectivity index (χ2v) is 3.43. The zero-order valence-electron chi connectivity index (χ0n) is 8.03. The third kappa shape index (κ3) is 2.87. The SMILES string of the molecule is O=CNC(C(=O)O)C1=CCCCCC1. The van der Waals surface area contributed by atoms with Crippen molar-refractivity contribution >= 4 is 12.4 Å². The van der Waals surface area contributed by atoms with Gasteiger partial charge in [-0.25, -0.2) is 4.79 Å². The Balaban J connectivity index is 2.69. The molecule has 1 unspecified atom stereocenters. The Bertz CT molecular complexity index is 248. The molecule has 0 heterocycles. The molecule has 0 aliphatic heterocycles. The first-order valence-corrected chi connectivity index (χ1v) is 4.87. The van der Waals surface area contributed by atoms with Crippen LogP contribution in [0.2, 0.25) is 0 Å². The molecule has 0 spiro atoms. The maximum atomic E-state index is 10.8. The zero-order chi connectivity index (χ0) is 10.4. The van der Waals surface area contributed by atoms with Crippen LogP contribution in [0.4, 0.5) is 0 Å². The third-order valence-corrected chi connectivity index (χ3v) is 2.43. The van der Waals surface area contributed by atoms with Gasteiger partial charge in [0, 0.05) is 0 Å². The molecule has 1 aliphatic rings. The Morgan fingerprint density at radius 2 is 2.29 bits per heavy atom. The van der Waals surface area contributed by atoms with E-state index in [1.54, 1.807) is 0 Å². The van der Waals surface area contributed by atoms with Crippen LogP contribution in [-0.4, -0.2) is 23.5 Å². The number of hydrogen-bond acceptors (Lipinski definition) is 2. The Kier molecular flexibility index (Phi) is 4.16. The summed E-state index contributed by atoms with van der Waals surface area (Å²) >= 11 is 0. The van der Waals surface area contributed by atoms with Crippen molar-refractivity contribution in [2.75, 3.05) is 0 Å². The maximum Gasteiger partial charge on any atom is 0.330 e. The summed E-state index contributed by atoms with van der Waals surface area (Å²) in [6.07, 6.45) is 7.34. The highest BCUT2D eigenvalue weighted by molar-refractivity contribution is 5.80. The molecule has 0 aromatic rings. The number of rotatable bonds is 4. The molecule has 0 saturated carbocycles. The number of carbonyl (C=O) groups is 2. The van der Waals surface area contributed by atoms with Crippen molar-refractivity contribution < 1.29 is 14.7 Å². The van der Waals surface area contributed by atoms with Gasteiger partial charge in [-0.15, -0.1) is 0 Å². The summed E-state index contributed by atoms with van der Waals surface area (Å²) in [5.41, 5.74) is 0.835. The highest BCUT2D eigenvalue weighted by atomic mass is 16.4. The fourth-order valence-corrected chi connectivity index (χ4v) is 1.71. The number of allylic oxidation sites excluding steroid dienone is 1. The number of amides is 1. The average molecular weight is 197 g/mol. The van der Waals surface area contributed by atoms with E-state index in [0.29, 0.717) is 6.41 Å². The summed E-state index contributed by atoms with van der Waals surface area (Å²) in [6.45, 7) is 0. The van der Waals surface area contributed by atoms with E-state index in [4.69, 9.17) is 5.11 Å². The lowest BCUT2D eigenvalue weighted by Gasteiger charge is -2.14. The highest BCUT2D eigenvalue weighted by Gasteiger charge is 2.21. The van der Waals surface area contributed by atoms with Gasteiger partial charge >= 0.3 is 5.97 Å². The molecule has 78 valence electrons. The minimum absolute atomic E-state index is 0.449. The first-order valence-electron chi connectivity index (χ1n) is 4.87. The maximum absolute atomic E-state index is 10.8. The highest BCUT2D eigenvalue weighted by Crippen LogP contribution is 2.19. The summed E-state index contributed by atoms with van der Waals surface area (Å²) in [4.78, 5) is 21.1. The van der Waals surface area contributed by atoms with E-state index < -0.39 is 12.0 Å². The van der Waals surface area contributed by atoms with Crippen LogP contribution < -0.4 is 5.32 Å². The number of carboxylic acids is 1. The molecule has 0 aromatic carbocycles. The largest absolute Gasteiger partial charge is 0.479 e. The van der Waals surface area contributed by atoms with E-state index in [0.717, 1.165) is 37.7 Å². The van der Waals surface area contributed by atoms with Gasteiger partial charge in [-0.1, -0.05) is 12.5 Å². The van der Waals surface area contributed by atoms with Crippen LogP contribution in [0.5, 0.6) is 0 Å². The molecule has 0 aromatic heterocycles. The molecular formula is C10H15NO3. The van der Waals surface area contributed by atoms with Gasteiger partial charge in [-0.3, -0.25) is 4.79 Å². The zero-order valence-corrected chi connectivity index (χ0v) is 8.03. The van der Waals surface area contributed by atoms with Crippen molar-refractivity contribution in [3.63, 3.8) is 0 Å². The summed E-state index contributed by atoms with van der Waals surface area (Å²) in [5, 5.41) is 11.2.